The molecule has 28 heavy (non-hydrogen) atoms. The summed E-state index contributed by atoms with van der Waals surface area (Å²) >= 11 is 0. The zero-order valence-electron chi connectivity index (χ0n) is 18.0. The van der Waals surface area contributed by atoms with Crippen LogP contribution in [-0.4, -0.2) is 42.7 Å². The maximum atomic E-state index is 14.5. The molecule has 3 rings (SSSR count). The smallest absolute Gasteiger partial charge is 0.186 e. The second-order valence-corrected chi connectivity index (χ2v) is 9.71. The van der Waals surface area contributed by atoms with Crippen LogP contribution in [0.3, 0.4) is 0 Å². The molecule has 0 spiro atoms. The minimum atomic E-state index is -1.31. The van der Waals surface area contributed by atoms with Gasteiger partial charge in [-0.3, -0.25) is 0 Å². The molecule has 0 radical (unpaired) electrons. The number of aliphatic hydroxyl groups excluding tert-OH is 1. The first kappa shape index (κ1) is 22.2. The van der Waals surface area contributed by atoms with Crippen molar-refractivity contribution < 1.29 is 23.7 Å². The van der Waals surface area contributed by atoms with Crippen LogP contribution in [0.4, 0.5) is 4.39 Å². The fraction of sp³-hybridized carbons (Fsp3) is 0.913. The standard InChI is InChI=1S/C23H39FO4/c1-5-6-12-23(3,4)18(28-19-9-7-8-13-26-19)11-10-16-15(2)14-17-20(16)21(24)22(25)27-17/h10-11,15-22,25H,5-9,12-14H2,1-4H3/t15-,16+,17+,18-,19?,20+,21+,22?/m1/s1. The van der Waals surface area contributed by atoms with Crippen molar-refractivity contribution >= 4 is 0 Å². The van der Waals surface area contributed by atoms with Gasteiger partial charge in [0, 0.05) is 12.5 Å². The number of alkyl halides is 1. The fourth-order valence-corrected chi connectivity index (χ4v) is 5.11. The molecule has 3 aliphatic rings. The van der Waals surface area contributed by atoms with Crippen molar-refractivity contribution in [3.63, 3.8) is 0 Å². The highest BCUT2D eigenvalue weighted by Crippen LogP contribution is 2.48. The highest BCUT2D eigenvalue weighted by Gasteiger charge is 2.53. The number of halogens is 1. The molecule has 2 aliphatic heterocycles. The molecule has 1 N–H and O–H groups in total. The highest BCUT2D eigenvalue weighted by atomic mass is 19.1. The number of allylic oxidation sites excluding steroid dienone is 1. The average molecular weight is 399 g/mol. The molecule has 8 atom stereocenters. The minimum Gasteiger partial charge on any atom is -0.366 e. The molecule has 1 aliphatic carbocycles. The van der Waals surface area contributed by atoms with Crippen molar-refractivity contribution in [3.05, 3.63) is 12.2 Å². The van der Waals surface area contributed by atoms with E-state index in [9.17, 15) is 9.50 Å². The Morgan fingerprint density at radius 3 is 2.79 bits per heavy atom. The van der Waals surface area contributed by atoms with Crippen molar-refractivity contribution in [3.8, 4) is 0 Å². The molecule has 2 saturated heterocycles. The van der Waals surface area contributed by atoms with E-state index in [0.29, 0.717) is 5.92 Å². The van der Waals surface area contributed by atoms with Crippen LogP contribution in [0.2, 0.25) is 0 Å². The first-order chi connectivity index (χ1) is 13.3. The first-order valence-electron chi connectivity index (χ1n) is 11.3. The summed E-state index contributed by atoms with van der Waals surface area (Å²) in [7, 11) is 0. The normalized spacial score (nSPS) is 40.1. The second-order valence-electron chi connectivity index (χ2n) is 9.71. The summed E-state index contributed by atoms with van der Waals surface area (Å²) in [6.45, 7) is 9.62. The van der Waals surface area contributed by atoms with Crippen LogP contribution in [-0.2, 0) is 14.2 Å². The Hall–Kier alpha value is -0.490. The average Bonchev–Trinajstić information content (AvgIpc) is 3.12. The number of rotatable bonds is 8. The number of aliphatic hydroxyl groups is 1. The number of fused-ring (bicyclic) bond motifs is 1. The van der Waals surface area contributed by atoms with Gasteiger partial charge in [-0.15, -0.1) is 0 Å². The predicted molar refractivity (Wildman–Crippen MR) is 107 cm³/mol. The van der Waals surface area contributed by atoms with Gasteiger partial charge in [-0.25, -0.2) is 4.39 Å². The lowest BCUT2D eigenvalue weighted by Gasteiger charge is -2.36. The number of ether oxygens (including phenoxy) is 3. The largest absolute Gasteiger partial charge is 0.366 e. The Labute approximate surface area is 169 Å². The van der Waals surface area contributed by atoms with Gasteiger partial charge in [0.05, 0.1) is 12.2 Å². The number of hydrogen-bond donors (Lipinski definition) is 1. The summed E-state index contributed by atoms with van der Waals surface area (Å²) in [5.74, 6) is 0.145. The molecule has 3 fully saturated rings. The van der Waals surface area contributed by atoms with Crippen LogP contribution in [0.15, 0.2) is 12.2 Å². The zero-order valence-corrected chi connectivity index (χ0v) is 18.0. The summed E-state index contributed by atoms with van der Waals surface area (Å²) in [5, 5.41) is 9.77. The molecule has 0 aromatic carbocycles. The van der Waals surface area contributed by atoms with Gasteiger partial charge in [0.15, 0.2) is 18.8 Å². The van der Waals surface area contributed by atoms with Crippen LogP contribution in [0.25, 0.3) is 0 Å². The fourth-order valence-electron chi connectivity index (χ4n) is 5.11. The molecular formula is C23H39FO4. The van der Waals surface area contributed by atoms with Crippen molar-refractivity contribution in [1.29, 1.82) is 0 Å². The number of unbranched alkanes of at least 4 members (excludes halogenated alkanes) is 1. The molecule has 5 heteroatoms. The van der Waals surface area contributed by atoms with Gasteiger partial charge in [0.2, 0.25) is 0 Å². The Bertz CT molecular complexity index is 517. The van der Waals surface area contributed by atoms with E-state index in [0.717, 1.165) is 51.6 Å². The van der Waals surface area contributed by atoms with Gasteiger partial charge in [-0.2, -0.15) is 0 Å². The SMILES string of the molecule is CCCCC(C)(C)[C@@H](C=C[C@@H]1[C@H]2[C@H](C[C@H]1C)OC(O)[C@H]2F)OC1CCCCO1. The maximum Gasteiger partial charge on any atom is 0.186 e. The van der Waals surface area contributed by atoms with E-state index in [2.05, 4.69) is 39.8 Å². The molecule has 0 bridgehead atoms. The third-order valence-electron chi connectivity index (χ3n) is 6.98. The molecule has 0 amide bonds. The molecule has 162 valence electrons. The maximum absolute atomic E-state index is 14.5. The van der Waals surface area contributed by atoms with E-state index < -0.39 is 12.5 Å². The van der Waals surface area contributed by atoms with Crippen LogP contribution >= 0.6 is 0 Å². The quantitative estimate of drug-likeness (QED) is 0.585. The van der Waals surface area contributed by atoms with Gasteiger partial charge >= 0.3 is 0 Å². The molecular weight excluding hydrogens is 359 g/mol. The first-order valence-corrected chi connectivity index (χ1v) is 11.3. The van der Waals surface area contributed by atoms with Gasteiger partial charge < -0.3 is 19.3 Å². The van der Waals surface area contributed by atoms with Crippen LogP contribution < -0.4 is 0 Å². The lowest BCUT2D eigenvalue weighted by molar-refractivity contribution is -0.197. The Balaban J connectivity index is 1.73. The Morgan fingerprint density at radius 1 is 1.32 bits per heavy atom. The van der Waals surface area contributed by atoms with Gasteiger partial charge in [-0.1, -0.05) is 52.7 Å². The van der Waals surface area contributed by atoms with Gasteiger partial charge in [0.25, 0.3) is 0 Å². The van der Waals surface area contributed by atoms with Crippen molar-refractivity contribution in [2.45, 2.75) is 104 Å². The van der Waals surface area contributed by atoms with E-state index in [1.54, 1.807) is 0 Å². The van der Waals surface area contributed by atoms with Gasteiger partial charge in [-0.05, 0) is 49.4 Å². The van der Waals surface area contributed by atoms with Crippen molar-refractivity contribution in [2.75, 3.05) is 6.61 Å². The van der Waals surface area contributed by atoms with E-state index in [-0.39, 0.29) is 35.7 Å². The molecule has 2 heterocycles. The van der Waals surface area contributed by atoms with Crippen molar-refractivity contribution in [2.24, 2.45) is 23.2 Å². The second kappa shape index (κ2) is 9.55. The minimum absolute atomic E-state index is 0.0185. The summed E-state index contributed by atoms with van der Waals surface area (Å²) < 4.78 is 32.2. The molecule has 2 unspecified atom stereocenters. The monoisotopic (exact) mass is 398 g/mol. The van der Waals surface area contributed by atoms with Crippen LogP contribution in [0.5, 0.6) is 0 Å². The van der Waals surface area contributed by atoms with Gasteiger partial charge in [0.1, 0.15) is 0 Å². The number of hydrogen-bond acceptors (Lipinski definition) is 4. The van der Waals surface area contributed by atoms with E-state index in [4.69, 9.17) is 14.2 Å². The summed E-state index contributed by atoms with van der Waals surface area (Å²) in [5.41, 5.74) is -0.0185. The predicted octanol–water partition coefficient (Wildman–Crippen LogP) is 5.00. The third kappa shape index (κ3) is 4.97. The van der Waals surface area contributed by atoms with Crippen LogP contribution in [0.1, 0.15) is 72.6 Å². The molecule has 1 saturated carbocycles. The summed E-state index contributed by atoms with van der Waals surface area (Å²) in [6.07, 6.45) is 8.67. The highest BCUT2D eigenvalue weighted by molar-refractivity contribution is 5.09. The zero-order chi connectivity index (χ0) is 20.3. The van der Waals surface area contributed by atoms with Crippen LogP contribution in [0, 0.1) is 23.2 Å². The summed E-state index contributed by atoms with van der Waals surface area (Å²) in [4.78, 5) is 0. The molecule has 4 nitrogen and oxygen atoms in total. The summed E-state index contributed by atoms with van der Waals surface area (Å²) in [6, 6.07) is 0. The lowest BCUT2D eigenvalue weighted by Crippen LogP contribution is -2.36. The third-order valence-corrected chi connectivity index (χ3v) is 6.98. The molecule has 0 aromatic heterocycles. The Morgan fingerprint density at radius 2 is 2.11 bits per heavy atom. The Kier molecular flexibility index (Phi) is 7.57. The van der Waals surface area contributed by atoms with E-state index >= 15 is 0 Å². The topological polar surface area (TPSA) is 47.9 Å². The molecule has 0 aromatic rings. The van der Waals surface area contributed by atoms with Crippen molar-refractivity contribution in [1.82, 2.24) is 0 Å². The lowest BCUT2D eigenvalue weighted by atomic mass is 9.79. The van der Waals surface area contributed by atoms with E-state index in [1.165, 1.54) is 0 Å². The van der Waals surface area contributed by atoms with E-state index in [1.807, 2.05) is 0 Å².